The predicted molar refractivity (Wildman–Crippen MR) is 138 cm³/mol. The van der Waals surface area contributed by atoms with E-state index in [0.29, 0.717) is 35.8 Å². The molecule has 0 saturated heterocycles. The lowest BCUT2D eigenvalue weighted by molar-refractivity contribution is 0.0416. The van der Waals surface area contributed by atoms with Gasteiger partial charge in [0.05, 0.1) is 23.9 Å². The summed E-state index contributed by atoms with van der Waals surface area (Å²) in [5, 5.41) is 20.6. The summed E-state index contributed by atoms with van der Waals surface area (Å²) in [5.74, 6) is 0.268. The van der Waals surface area contributed by atoms with Crippen LogP contribution in [0.25, 0.3) is 10.8 Å². The maximum atomic E-state index is 13.5. The van der Waals surface area contributed by atoms with Crippen molar-refractivity contribution >= 4 is 34.1 Å². The van der Waals surface area contributed by atoms with Gasteiger partial charge >= 0.3 is 6.03 Å². The highest BCUT2D eigenvalue weighted by Crippen LogP contribution is 2.30. The molecule has 0 aromatic heterocycles. The minimum absolute atomic E-state index is 0.0535. The van der Waals surface area contributed by atoms with Crippen LogP contribution >= 0.6 is 0 Å². The van der Waals surface area contributed by atoms with E-state index in [2.05, 4.69) is 16.0 Å². The van der Waals surface area contributed by atoms with Crippen LogP contribution in [0.15, 0.2) is 60.7 Å². The summed E-state index contributed by atoms with van der Waals surface area (Å²) in [6.07, 6.45) is -0.159. The Bertz CT molecular complexity index is 1210. The van der Waals surface area contributed by atoms with Gasteiger partial charge in [0.25, 0.3) is 5.91 Å². The monoisotopic (exact) mass is 476 g/mol. The molecule has 0 bridgehead atoms. The molecule has 0 aliphatic carbocycles. The first-order chi connectivity index (χ1) is 16.9. The Morgan fingerprint density at radius 1 is 1.14 bits per heavy atom. The summed E-state index contributed by atoms with van der Waals surface area (Å²) >= 11 is 0. The van der Waals surface area contributed by atoms with Gasteiger partial charge in [-0.3, -0.25) is 4.79 Å². The van der Waals surface area contributed by atoms with Gasteiger partial charge < -0.3 is 30.7 Å². The molecule has 1 heterocycles. The van der Waals surface area contributed by atoms with Crippen molar-refractivity contribution < 1.29 is 19.4 Å². The molecule has 4 rings (SSSR count). The smallest absolute Gasteiger partial charge is 0.323 e. The van der Waals surface area contributed by atoms with Gasteiger partial charge in [0, 0.05) is 30.1 Å². The van der Waals surface area contributed by atoms with E-state index in [0.717, 1.165) is 10.8 Å². The van der Waals surface area contributed by atoms with Crippen LogP contribution in [0.3, 0.4) is 0 Å². The largest absolute Gasteiger partial charge is 0.488 e. The Morgan fingerprint density at radius 3 is 2.69 bits per heavy atom. The van der Waals surface area contributed by atoms with Crippen molar-refractivity contribution in [3.63, 3.8) is 0 Å². The lowest BCUT2D eigenvalue weighted by Gasteiger charge is -2.37. The molecule has 3 aromatic carbocycles. The third kappa shape index (κ3) is 5.39. The predicted octanol–water partition coefficient (Wildman–Crippen LogP) is 3.92. The number of nitrogens with zero attached hydrogens (tertiary/aromatic N) is 1. The van der Waals surface area contributed by atoms with Gasteiger partial charge in [0.1, 0.15) is 11.9 Å². The number of fused-ring (bicyclic) bond motifs is 2. The standard InChI is InChI=1S/C27H32N4O4/c1-17-15-31(18(2)16-32)26(33)22-13-20(11-12-24(22)35-25(17)14-28-3)29-27(34)30-23-10-6-8-19-7-4-5-9-21(19)23/h4-13,17-18,25,28,32H,14-16H2,1-3H3,(H2,29,30,34)/t17-,18-,25+/m0/s1. The highest BCUT2D eigenvalue weighted by atomic mass is 16.5. The lowest BCUT2D eigenvalue weighted by Crippen LogP contribution is -2.49. The number of carbonyl (C=O) groups is 2. The van der Waals surface area contributed by atoms with Crippen LogP contribution < -0.4 is 20.7 Å². The van der Waals surface area contributed by atoms with Gasteiger partial charge in [0.15, 0.2) is 0 Å². The molecular weight excluding hydrogens is 444 g/mol. The molecule has 8 nitrogen and oxygen atoms in total. The van der Waals surface area contributed by atoms with Crippen LogP contribution in [0.4, 0.5) is 16.2 Å². The van der Waals surface area contributed by atoms with E-state index in [1.165, 1.54) is 0 Å². The SMILES string of the molecule is CNC[C@H]1Oc2ccc(NC(=O)Nc3cccc4ccccc34)cc2C(=O)N([C@@H](C)CO)C[C@@H]1C. The van der Waals surface area contributed by atoms with Gasteiger partial charge in [-0.2, -0.15) is 0 Å². The maximum absolute atomic E-state index is 13.5. The van der Waals surface area contributed by atoms with Crippen LogP contribution in [0.1, 0.15) is 24.2 Å². The number of carbonyl (C=O) groups excluding carboxylic acids is 2. The number of hydrogen-bond acceptors (Lipinski definition) is 5. The summed E-state index contributed by atoms with van der Waals surface area (Å²) in [6, 6.07) is 17.8. The van der Waals surface area contributed by atoms with Gasteiger partial charge in [-0.25, -0.2) is 4.79 Å². The number of benzene rings is 3. The minimum atomic E-state index is -0.414. The second kappa shape index (κ2) is 10.8. The zero-order valence-electron chi connectivity index (χ0n) is 20.2. The summed E-state index contributed by atoms with van der Waals surface area (Å²) < 4.78 is 6.22. The van der Waals surface area contributed by atoms with Gasteiger partial charge in [-0.1, -0.05) is 43.3 Å². The van der Waals surface area contributed by atoms with Gasteiger partial charge in [0.2, 0.25) is 0 Å². The van der Waals surface area contributed by atoms with E-state index in [-0.39, 0.29) is 30.6 Å². The van der Waals surface area contributed by atoms with Crippen molar-refractivity contribution in [2.45, 2.75) is 26.0 Å². The number of aliphatic hydroxyl groups excluding tert-OH is 1. The van der Waals surface area contributed by atoms with Crippen molar-refractivity contribution in [3.8, 4) is 5.75 Å². The summed E-state index contributed by atoms with van der Waals surface area (Å²) in [6.45, 7) is 4.77. The number of nitrogens with one attached hydrogen (secondary N) is 3. The molecule has 8 heteroatoms. The van der Waals surface area contributed by atoms with E-state index >= 15 is 0 Å². The first-order valence-corrected chi connectivity index (χ1v) is 11.8. The van der Waals surface area contributed by atoms with Crippen molar-refractivity contribution in [1.82, 2.24) is 10.2 Å². The number of hydrogen-bond donors (Lipinski definition) is 4. The number of anilines is 2. The van der Waals surface area contributed by atoms with E-state index in [4.69, 9.17) is 4.74 Å². The Balaban J connectivity index is 1.60. The molecule has 35 heavy (non-hydrogen) atoms. The number of likely N-dealkylation sites (N-methyl/N-ethyl adjacent to an activating group) is 1. The number of amides is 3. The molecule has 0 spiro atoms. The van der Waals surface area contributed by atoms with Crippen molar-refractivity contribution in [1.29, 1.82) is 0 Å². The summed E-state index contributed by atoms with van der Waals surface area (Å²) in [4.78, 5) is 27.9. The van der Waals surface area contributed by atoms with E-state index in [1.54, 1.807) is 23.1 Å². The minimum Gasteiger partial charge on any atom is -0.488 e. The van der Waals surface area contributed by atoms with Crippen LogP contribution in [0.2, 0.25) is 0 Å². The van der Waals surface area contributed by atoms with Crippen molar-refractivity contribution in [2.75, 3.05) is 37.4 Å². The molecule has 0 fully saturated rings. The highest BCUT2D eigenvalue weighted by molar-refractivity contribution is 6.07. The van der Waals surface area contributed by atoms with E-state index in [9.17, 15) is 14.7 Å². The van der Waals surface area contributed by atoms with E-state index < -0.39 is 6.03 Å². The van der Waals surface area contributed by atoms with Crippen LogP contribution in [-0.2, 0) is 0 Å². The molecule has 184 valence electrons. The second-order valence-electron chi connectivity index (χ2n) is 9.00. The average molecular weight is 477 g/mol. The third-order valence-electron chi connectivity index (χ3n) is 6.37. The Morgan fingerprint density at radius 2 is 1.91 bits per heavy atom. The third-order valence-corrected chi connectivity index (χ3v) is 6.37. The zero-order valence-corrected chi connectivity index (χ0v) is 20.2. The molecule has 3 amide bonds. The fourth-order valence-corrected chi connectivity index (χ4v) is 4.36. The molecule has 1 aliphatic heterocycles. The van der Waals surface area contributed by atoms with Gasteiger partial charge in [-0.05, 0) is 43.6 Å². The first-order valence-electron chi connectivity index (χ1n) is 11.8. The average Bonchev–Trinajstić information content (AvgIpc) is 2.86. The fourth-order valence-electron chi connectivity index (χ4n) is 4.36. The molecular formula is C27H32N4O4. The number of aliphatic hydroxyl groups is 1. The number of ether oxygens (including phenoxy) is 1. The molecule has 1 aliphatic rings. The Hall–Kier alpha value is -3.62. The summed E-state index contributed by atoms with van der Waals surface area (Å²) in [7, 11) is 1.86. The van der Waals surface area contributed by atoms with Crippen LogP contribution in [0.5, 0.6) is 5.75 Å². The number of rotatable bonds is 6. The molecule has 0 radical (unpaired) electrons. The van der Waals surface area contributed by atoms with E-state index in [1.807, 2.05) is 63.4 Å². The lowest BCUT2D eigenvalue weighted by atomic mass is 9.99. The topological polar surface area (TPSA) is 103 Å². The molecule has 0 unspecified atom stereocenters. The molecule has 0 saturated carbocycles. The summed E-state index contributed by atoms with van der Waals surface area (Å²) in [5.41, 5.74) is 1.51. The number of urea groups is 1. The quantitative estimate of drug-likeness (QED) is 0.432. The van der Waals surface area contributed by atoms with Crippen LogP contribution in [0, 0.1) is 5.92 Å². The van der Waals surface area contributed by atoms with Gasteiger partial charge in [-0.15, -0.1) is 0 Å². The zero-order chi connectivity index (χ0) is 24.9. The molecule has 3 aromatic rings. The Labute approximate surface area is 205 Å². The normalized spacial score (nSPS) is 18.7. The molecule has 3 atom stereocenters. The van der Waals surface area contributed by atoms with Crippen LogP contribution in [-0.4, -0.2) is 60.8 Å². The van der Waals surface area contributed by atoms with Crippen molar-refractivity contribution in [2.24, 2.45) is 5.92 Å². The maximum Gasteiger partial charge on any atom is 0.323 e. The highest BCUT2D eigenvalue weighted by Gasteiger charge is 2.32. The fraction of sp³-hybridized carbons (Fsp3) is 0.333. The molecule has 4 N–H and O–H groups in total. The first kappa shape index (κ1) is 24.5. The Kier molecular flexibility index (Phi) is 7.53. The van der Waals surface area contributed by atoms with Crippen molar-refractivity contribution in [3.05, 3.63) is 66.2 Å². The second-order valence-corrected chi connectivity index (χ2v) is 9.00.